The van der Waals surface area contributed by atoms with Gasteiger partial charge in [-0.05, 0) is 13.2 Å². The number of nitrogens with one attached hydrogen (secondary N) is 2. The van der Waals surface area contributed by atoms with Crippen molar-refractivity contribution in [2.24, 2.45) is 0 Å². The van der Waals surface area contributed by atoms with Gasteiger partial charge in [0.05, 0.1) is 0 Å². The van der Waals surface area contributed by atoms with E-state index in [2.05, 4.69) is 10.6 Å². The van der Waals surface area contributed by atoms with Crippen molar-refractivity contribution in [2.45, 2.75) is 19.9 Å². The van der Waals surface area contributed by atoms with Crippen LogP contribution in [0.15, 0.2) is 0 Å². The number of likely N-dealkylation sites (N-methyl/N-ethyl adjacent to an activating group) is 1. The largest absolute Gasteiger partial charge is 0.355 e. The highest BCUT2D eigenvalue weighted by atomic mass is 32.2. The van der Waals surface area contributed by atoms with Crippen LogP contribution < -0.4 is 10.6 Å². The Morgan fingerprint density at radius 1 is 1.46 bits per heavy atom. The van der Waals surface area contributed by atoms with Crippen LogP contribution in [0.5, 0.6) is 0 Å². The summed E-state index contributed by atoms with van der Waals surface area (Å²) in [6.07, 6.45) is 1.90. The monoisotopic (exact) mass is 204 g/mol. The first-order valence-corrected chi connectivity index (χ1v) is 5.55. The number of carbonyl (C=O) groups excluding carboxylic acids is 2. The summed E-state index contributed by atoms with van der Waals surface area (Å²) in [4.78, 5) is 22.1. The third-order valence-corrected chi connectivity index (χ3v) is 2.04. The Hall–Kier alpha value is -0.710. The maximum atomic E-state index is 11.3. The minimum Gasteiger partial charge on any atom is -0.355 e. The van der Waals surface area contributed by atoms with E-state index in [1.54, 1.807) is 0 Å². The third-order valence-electron chi connectivity index (χ3n) is 1.38. The number of amides is 2. The van der Waals surface area contributed by atoms with Crippen LogP contribution in [0.4, 0.5) is 0 Å². The van der Waals surface area contributed by atoms with Gasteiger partial charge in [-0.15, -0.1) is 0 Å². The molecule has 0 aromatic rings. The SMILES string of the molecule is CCNC(=O)[C@H](CSC)NC(C)=O. The maximum Gasteiger partial charge on any atom is 0.243 e. The first-order valence-electron chi connectivity index (χ1n) is 4.15. The Balaban J connectivity index is 4.06. The quantitative estimate of drug-likeness (QED) is 0.662. The Labute approximate surface area is 82.8 Å². The van der Waals surface area contributed by atoms with Crippen molar-refractivity contribution in [2.75, 3.05) is 18.6 Å². The van der Waals surface area contributed by atoms with Gasteiger partial charge in [-0.25, -0.2) is 0 Å². The van der Waals surface area contributed by atoms with Crippen LogP contribution in [0.1, 0.15) is 13.8 Å². The van der Waals surface area contributed by atoms with E-state index >= 15 is 0 Å². The fourth-order valence-electron chi connectivity index (χ4n) is 0.892. The molecule has 0 fully saturated rings. The van der Waals surface area contributed by atoms with Gasteiger partial charge in [0.25, 0.3) is 0 Å². The second-order valence-corrected chi connectivity index (χ2v) is 3.51. The average molecular weight is 204 g/mol. The van der Waals surface area contributed by atoms with E-state index in [0.29, 0.717) is 12.3 Å². The number of hydrogen-bond acceptors (Lipinski definition) is 3. The van der Waals surface area contributed by atoms with Crippen LogP contribution in [0.25, 0.3) is 0 Å². The van der Waals surface area contributed by atoms with Crippen molar-refractivity contribution in [3.8, 4) is 0 Å². The van der Waals surface area contributed by atoms with E-state index < -0.39 is 6.04 Å². The second kappa shape index (κ2) is 6.77. The molecule has 0 heterocycles. The fourth-order valence-corrected chi connectivity index (χ4v) is 1.46. The van der Waals surface area contributed by atoms with Crippen molar-refractivity contribution in [3.63, 3.8) is 0 Å². The van der Waals surface area contributed by atoms with Crippen LogP contribution >= 0.6 is 11.8 Å². The minimum atomic E-state index is -0.410. The molecule has 0 aliphatic heterocycles. The molecule has 0 aromatic carbocycles. The Morgan fingerprint density at radius 2 is 2.08 bits per heavy atom. The lowest BCUT2D eigenvalue weighted by Crippen LogP contribution is -2.47. The van der Waals surface area contributed by atoms with Gasteiger partial charge in [-0.1, -0.05) is 0 Å². The molecule has 2 amide bonds. The van der Waals surface area contributed by atoms with Gasteiger partial charge >= 0.3 is 0 Å². The first kappa shape index (κ1) is 12.3. The van der Waals surface area contributed by atoms with E-state index in [1.807, 2.05) is 13.2 Å². The van der Waals surface area contributed by atoms with Gasteiger partial charge in [-0.3, -0.25) is 9.59 Å². The van der Waals surface area contributed by atoms with Crippen LogP contribution in [-0.2, 0) is 9.59 Å². The number of thioether (sulfide) groups is 1. The highest BCUT2D eigenvalue weighted by Crippen LogP contribution is 1.97. The van der Waals surface area contributed by atoms with Gasteiger partial charge in [0, 0.05) is 19.2 Å². The molecule has 0 bridgehead atoms. The minimum absolute atomic E-state index is 0.118. The summed E-state index contributed by atoms with van der Waals surface area (Å²) < 4.78 is 0. The first-order chi connectivity index (χ1) is 6.11. The topological polar surface area (TPSA) is 58.2 Å². The molecular weight excluding hydrogens is 188 g/mol. The molecule has 0 saturated heterocycles. The van der Waals surface area contributed by atoms with E-state index in [1.165, 1.54) is 18.7 Å². The average Bonchev–Trinajstić information content (AvgIpc) is 2.03. The lowest BCUT2D eigenvalue weighted by Gasteiger charge is -2.15. The van der Waals surface area contributed by atoms with Gasteiger partial charge in [-0.2, -0.15) is 11.8 Å². The number of rotatable bonds is 5. The molecule has 0 spiro atoms. The molecule has 76 valence electrons. The summed E-state index contributed by atoms with van der Waals surface area (Å²) in [7, 11) is 0. The molecule has 1 atom stereocenters. The highest BCUT2D eigenvalue weighted by molar-refractivity contribution is 7.98. The third kappa shape index (κ3) is 5.52. The summed E-state index contributed by atoms with van der Waals surface area (Å²) in [5.74, 6) is 0.308. The van der Waals surface area contributed by atoms with E-state index in [9.17, 15) is 9.59 Å². The van der Waals surface area contributed by atoms with Crippen LogP contribution in [0.2, 0.25) is 0 Å². The van der Waals surface area contributed by atoms with Gasteiger partial charge in [0.1, 0.15) is 6.04 Å². The molecular formula is C8H16N2O2S. The van der Waals surface area contributed by atoms with Crippen molar-refractivity contribution < 1.29 is 9.59 Å². The number of hydrogen-bond donors (Lipinski definition) is 2. The van der Waals surface area contributed by atoms with Gasteiger partial charge in [0.15, 0.2) is 0 Å². The summed E-state index contributed by atoms with van der Waals surface area (Å²) >= 11 is 1.53. The lowest BCUT2D eigenvalue weighted by molar-refractivity contribution is -0.127. The molecule has 0 radical (unpaired) electrons. The zero-order valence-electron chi connectivity index (χ0n) is 8.22. The van der Waals surface area contributed by atoms with E-state index in [-0.39, 0.29) is 11.8 Å². The summed E-state index contributed by atoms with van der Waals surface area (Å²) in [5, 5.41) is 5.26. The van der Waals surface area contributed by atoms with Crippen molar-refractivity contribution in [1.82, 2.24) is 10.6 Å². The Bertz CT molecular complexity index is 185. The van der Waals surface area contributed by atoms with E-state index in [0.717, 1.165) is 0 Å². The summed E-state index contributed by atoms with van der Waals surface area (Å²) in [6, 6.07) is -0.410. The molecule has 2 N–H and O–H groups in total. The lowest BCUT2D eigenvalue weighted by atomic mass is 10.3. The van der Waals surface area contributed by atoms with Crippen molar-refractivity contribution >= 4 is 23.6 Å². The molecule has 13 heavy (non-hydrogen) atoms. The fraction of sp³-hybridized carbons (Fsp3) is 0.750. The maximum absolute atomic E-state index is 11.3. The zero-order valence-corrected chi connectivity index (χ0v) is 9.03. The van der Waals surface area contributed by atoms with Crippen LogP contribution in [0, 0.1) is 0 Å². The highest BCUT2D eigenvalue weighted by Gasteiger charge is 2.17. The van der Waals surface area contributed by atoms with Crippen molar-refractivity contribution in [3.05, 3.63) is 0 Å². The van der Waals surface area contributed by atoms with Crippen LogP contribution in [0.3, 0.4) is 0 Å². The standard InChI is InChI=1S/C8H16N2O2S/c1-4-9-8(12)7(5-13-3)10-6(2)11/h7H,4-5H2,1-3H3,(H,9,12)(H,10,11)/t7-/m0/s1. The Kier molecular flexibility index (Phi) is 6.40. The van der Waals surface area contributed by atoms with E-state index in [4.69, 9.17) is 0 Å². The molecule has 0 aliphatic rings. The van der Waals surface area contributed by atoms with Gasteiger partial charge < -0.3 is 10.6 Å². The molecule has 4 nitrogen and oxygen atoms in total. The van der Waals surface area contributed by atoms with Gasteiger partial charge in [0.2, 0.25) is 11.8 Å². The normalized spacial score (nSPS) is 11.9. The molecule has 0 aliphatic carbocycles. The van der Waals surface area contributed by atoms with Crippen molar-refractivity contribution in [1.29, 1.82) is 0 Å². The molecule has 5 heteroatoms. The molecule has 0 saturated carbocycles. The molecule has 0 rings (SSSR count). The molecule has 0 aromatic heterocycles. The smallest absolute Gasteiger partial charge is 0.243 e. The van der Waals surface area contributed by atoms with Crippen LogP contribution in [-0.4, -0.2) is 36.4 Å². The summed E-state index contributed by atoms with van der Waals surface area (Å²) in [6.45, 7) is 3.84. The number of carbonyl (C=O) groups is 2. The summed E-state index contributed by atoms with van der Waals surface area (Å²) in [5.41, 5.74) is 0. The predicted octanol–water partition coefficient (Wildman–Crippen LogP) is -0.00980. The Morgan fingerprint density at radius 3 is 2.46 bits per heavy atom. The second-order valence-electron chi connectivity index (χ2n) is 2.60. The molecule has 0 unspecified atom stereocenters. The zero-order chi connectivity index (χ0) is 10.3. The predicted molar refractivity (Wildman–Crippen MR) is 54.7 cm³/mol.